The van der Waals surface area contributed by atoms with Gasteiger partial charge in [-0.3, -0.25) is 4.79 Å². The number of thioether (sulfide) groups is 1. The Labute approximate surface area is 175 Å². The molecule has 1 heterocycles. The molecule has 1 atom stereocenters. The monoisotopic (exact) mass is 406 g/mol. The van der Waals surface area contributed by atoms with E-state index in [1.165, 1.54) is 25.7 Å². The van der Waals surface area contributed by atoms with Crippen LogP contribution >= 0.6 is 11.8 Å². The summed E-state index contributed by atoms with van der Waals surface area (Å²) in [5, 5.41) is 11.9. The predicted molar refractivity (Wildman–Crippen MR) is 118 cm³/mol. The van der Waals surface area contributed by atoms with E-state index in [1.807, 2.05) is 43.0 Å². The first-order valence-corrected chi connectivity index (χ1v) is 11.5. The number of benzene rings is 2. The molecule has 1 aromatic heterocycles. The lowest BCUT2D eigenvalue weighted by atomic mass is 10.1. The smallest absolute Gasteiger partial charge is 0.240 e. The van der Waals surface area contributed by atoms with Crippen molar-refractivity contribution in [3.05, 3.63) is 48.3 Å². The van der Waals surface area contributed by atoms with Gasteiger partial charge in [0.05, 0.1) is 10.9 Å². The van der Waals surface area contributed by atoms with Crippen LogP contribution in [0.1, 0.15) is 57.3 Å². The number of fused-ring (bicyclic) bond motifs is 1. The lowest BCUT2D eigenvalue weighted by molar-refractivity contribution is -0.117. The second-order valence-electron chi connectivity index (χ2n) is 8.06. The third-order valence-corrected chi connectivity index (χ3v) is 6.86. The van der Waals surface area contributed by atoms with Crippen LogP contribution in [0.5, 0.6) is 0 Å². The Morgan fingerprint density at radius 2 is 1.90 bits per heavy atom. The van der Waals surface area contributed by atoms with Crippen molar-refractivity contribution in [1.29, 1.82) is 0 Å². The van der Waals surface area contributed by atoms with E-state index in [0.717, 1.165) is 27.4 Å². The van der Waals surface area contributed by atoms with E-state index in [0.29, 0.717) is 18.5 Å². The summed E-state index contributed by atoms with van der Waals surface area (Å²) < 4.78 is 2.32. The van der Waals surface area contributed by atoms with Crippen LogP contribution in [0.4, 0.5) is 5.69 Å². The normalized spacial score (nSPS) is 17.4. The van der Waals surface area contributed by atoms with Gasteiger partial charge in [-0.1, -0.05) is 48.2 Å². The molecule has 0 spiro atoms. The zero-order chi connectivity index (χ0) is 20.0. The van der Waals surface area contributed by atoms with E-state index in [4.69, 9.17) is 0 Å². The van der Waals surface area contributed by atoms with E-state index in [1.54, 1.807) is 11.8 Å². The number of aromatic nitrogens is 3. The molecular weight excluding hydrogens is 380 g/mol. The number of anilines is 1. The van der Waals surface area contributed by atoms with Crippen molar-refractivity contribution in [2.75, 3.05) is 11.4 Å². The number of carbonyl (C=O) groups excluding carboxylic acids is 1. The minimum absolute atomic E-state index is 0.118. The molecule has 0 bridgehead atoms. The first kappa shape index (κ1) is 18.7. The molecule has 0 radical (unpaired) electrons. The van der Waals surface area contributed by atoms with Gasteiger partial charge in [0.2, 0.25) is 5.91 Å². The molecule has 2 aliphatic rings. The van der Waals surface area contributed by atoms with Crippen molar-refractivity contribution in [2.45, 2.75) is 61.9 Å². The summed E-state index contributed by atoms with van der Waals surface area (Å²) in [6.45, 7) is 4.67. The molecule has 2 aliphatic carbocycles. The Balaban J connectivity index is 1.41. The van der Waals surface area contributed by atoms with E-state index >= 15 is 0 Å². The van der Waals surface area contributed by atoms with Gasteiger partial charge in [0.1, 0.15) is 5.82 Å². The molecule has 3 aromatic rings. The fourth-order valence-electron chi connectivity index (χ4n) is 3.98. The highest BCUT2D eigenvalue weighted by atomic mass is 32.2. The molecule has 6 heteroatoms. The topological polar surface area (TPSA) is 51.0 Å². The van der Waals surface area contributed by atoms with Gasteiger partial charge < -0.3 is 9.47 Å². The zero-order valence-corrected chi connectivity index (χ0v) is 17.7. The lowest BCUT2D eigenvalue weighted by Crippen LogP contribution is -2.36. The molecule has 0 unspecified atom stereocenters. The third kappa shape index (κ3) is 3.54. The Bertz CT molecular complexity index is 1050. The maximum atomic E-state index is 13.4. The van der Waals surface area contributed by atoms with Crippen LogP contribution in [0.25, 0.3) is 10.8 Å². The van der Waals surface area contributed by atoms with Crippen LogP contribution in [0.2, 0.25) is 0 Å². The fraction of sp³-hybridized carbons (Fsp3) is 0.435. The standard InChI is InChI=1S/C23H26N4OS/c1-3-26(20-10-6-8-16-7-4-5-9-19(16)20)22(28)15(2)29-23-25-24-21(17-11-12-17)27(23)18-13-14-18/h4-10,15,17-18H,3,11-14H2,1-2H3/t15-/m1/s1. The van der Waals surface area contributed by atoms with Crippen molar-refractivity contribution >= 4 is 34.1 Å². The fourth-order valence-corrected chi connectivity index (χ4v) is 4.97. The molecule has 0 N–H and O–H groups in total. The van der Waals surface area contributed by atoms with Gasteiger partial charge in [-0.25, -0.2) is 0 Å². The zero-order valence-electron chi connectivity index (χ0n) is 16.9. The van der Waals surface area contributed by atoms with Crippen LogP contribution in [-0.4, -0.2) is 32.5 Å². The average Bonchev–Trinajstić information content (AvgIpc) is 3.67. The highest BCUT2D eigenvalue weighted by Gasteiger charge is 2.37. The number of nitrogens with zero attached hydrogens (tertiary/aromatic N) is 4. The summed E-state index contributed by atoms with van der Waals surface area (Å²) in [5.74, 6) is 1.83. The number of carbonyl (C=O) groups is 1. The molecule has 29 heavy (non-hydrogen) atoms. The molecule has 1 amide bonds. The number of hydrogen-bond acceptors (Lipinski definition) is 4. The summed E-state index contributed by atoms with van der Waals surface area (Å²) in [4.78, 5) is 15.3. The molecule has 0 aliphatic heterocycles. The van der Waals surface area contributed by atoms with E-state index in [2.05, 4.69) is 33.0 Å². The molecule has 2 aromatic carbocycles. The van der Waals surface area contributed by atoms with Crippen LogP contribution in [0.15, 0.2) is 47.6 Å². The van der Waals surface area contributed by atoms with Crippen LogP contribution < -0.4 is 4.90 Å². The number of rotatable bonds is 7. The van der Waals surface area contributed by atoms with Crippen molar-refractivity contribution in [3.8, 4) is 0 Å². The lowest BCUT2D eigenvalue weighted by Gasteiger charge is -2.25. The second kappa shape index (κ2) is 7.48. The maximum absolute atomic E-state index is 13.4. The van der Waals surface area contributed by atoms with E-state index in [9.17, 15) is 4.79 Å². The highest BCUT2D eigenvalue weighted by Crippen LogP contribution is 2.46. The Morgan fingerprint density at radius 1 is 1.14 bits per heavy atom. The third-order valence-electron chi connectivity index (χ3n) is 5.82. The number of amides is 1. The Hall–Kier alpha value is -2.34. The summed E-state index contributed by atoms with van der Waals surface area (Å²) >= 11 is 1.55. The van der Waals surface area contributed by atoms with Gasteiger partial charge in [-0.2, -0.15) is 0 Å². The van der Waals surface area contributed by atoms with Crippen molar-refractivity contribution in [1.82, 2.24) is 14.8 Å². The summed E-state index contributed by atoms with van der Waals surface area (Å²) in [7, 11) is 0. The minimum Gasteiger partial charge on any atom is -0.311 e. The molecule has 2 fully saturated rings. The van der Waals surface area contributed by atoms with Crippen LogP contribution in [0.3, 0.4) is 0 Å². The SMILES string of the molecule is CCN(C(=O)[C@@H](C)Sc1nnc(C2CC2)n1C1CC1)c1cccc2ccccc12. The molecule has 5 nitrogen and oxygen atoms in total. The molecule has 2 saturated carbocycles. The molecule has 5 rings (SSSR count). The summed E-state index contributed by atoms with van der Waals surface area (Å²) in [6.07, 6.45) is 4.83. The van der Waals surface area contributed by atoms with Crippen molar-refractivity contribution < 1.29 is 4.79 Å². The van der Waals surface area contributed by atoms with Gasteiger partial charge in [0, 0.05) is 23.9 Å². The first-order valence-electron chi connectivity index (χ1n) is 10.6. The predicted octanol–water partition coefficient (Wildman–Crippen LogP) is 5.18. The van der Waals surface area contributed by atoms with Gasteiger partial charge in [0.15, 0.2) is 5.16 Å². The van der Waals surface area contributed by atoms with Crippen LogP contribution in [-0.2, 0) is 4.79 Å². The van der Waals surface area contributed by atoms with E-state index in [-0.39, 0.29) is 11.2 Å². The summed E-state index contributed by atoms with van der Waals surface area (Å²) in [5.41, 5.74) is 0.977. The Kier molecular flexibility index (Phi) is 4.82. The van der Waals surface area contributed by atoms with E-state index < -0.39 is 0 Å². The Morgan fingerprint density at radius 3 is 2.62 bits per heavy atom. The number of hydrogen-bond donors (Lipinski definition) is 0. The van der Waals surface area contributed by atoms with Gasteiger partial charge >= 0.3 is 0 Å². The largest absolute Gasteiger partial charge is 0.311 e. The van der Waals surface area contributed by atoms with Gasteiger partial charge in [-0.15, -0.1) is 10.2 Å². The molecule has 0 saturated heterocycles. The van der Waals surface area contributed by atoms with Crippen molar-refractivity contribution in [3.63, 3.8) is 0 Å². The quantitative estimate of drug-likeness (QED) is 0.508. The van der Waals surface area contributed by atoms with Gasteiger partial charge in [-0.05, 0) is 51.0 Å². The van der Waals surface area contributed by atoms with Crippen molar-refractivity contribution in [2.24, 2.45) is 0 Å². The average molecular weight is 407 g/mol. The molecule has 150 valence electrons. The maximum Gasteiger partial charge on any atom is 0.240 e. The summed E-state index contributed by atoms with van der Waals surface area (Å²) in [6, 6.07) is 14.9. The van der Waals surface area contributed by atoms with Crippen LogP contribution in [0, 0.1) is 0 Å². The first-order chi connectivity index (χ1) is 14.2. The van der Waals surface area contributed by atoms with Gasteiger partial charge in [0.25, 0.3) is 0 Å². The highest BCUT2D eigenvalue weighted by molar-refractivity contribution is 8.00. The second-order valence-corrected chi connectivity index (χ2v) is 9.37. The minimum atomic E-state index is -0.220. The molecular formula is C23H26N4OS.